The van der Waals surface area contributed by atoms with Crippen molar-refractivity contribution in [3.05, 3.63) is 58.4 Å². The summed E-state index contributed by atoms with van der Waals surface area (Å²) in [6.07, 6.45) is 1.87. The second kappa shape index (κ2) is 4.18. The summed E-state index contributed by atoms with van der Waals surface area (Å²) in [5.74, 6) is 0. The summed E-state index contributed by atoms with van der Waals surface area (Å²) in [7, 11) is 0. The van der Waals surface area contributed by atoms with Crippen molar-refractivity contribution in [2.45, 2.75) is 13.8 Å². The number of fused-ring (bicyclic) bond motifs is 3. The number of hydrogen-bond donors (Lipinski definition) is 0. The van der Waals surface area contributed by atoms with E-state index in [9.17, 15) is 0 Å². The van der Waals surface area contributed by atoms with Crippen LogP contribution >= 0.6 is 11.3 Å². The molecule has 20 heavy (non-hydrogen) atoms. The molecule has 4 rings (SSSR count). The number of aryl methyl sites for hydroxylation is 2. The van der Waals surface area contributed by atoms with Gasteiger partial charge in [-0.2, -0.15) is 0 Å². The molecule has 1 aromatic carbocycles. The topological polar surface area (TPSA) is 17.8 Å². The summed E-state index contributed by atoms with van der Waals surface area (Å²) < 4.78 is 2.28. The Balaban J connectivity index is 2.23. The standard InChI is InChI=1S/C17H14N2S/c1-11-10-16(12(2)20-11)19-15-8-4-3-6-13(15)14-7-5-9-18-17(14)19/h3-10H,1-2H3. The van der Waals surface area contributed by atoms with Crippen molar-refractivity contribution >= 4 is 33.3 Å². The Morgan fingerprint density at radius 1 is 1.00 bits per heavy atom. The third-order valence-electron chi connectivity index (χ3n) is 3.69. The van der Waals surface area contributed by atoms with Crippen molar-refractivity contribution in [2.24, 2.45) is 0 Å². The Morgan fingerprint density at radius 3 is 2.60 bits per heavy atom. The van der Waals surface area contributed by atoms with Gasteiger partial charge in [0.05, 0.1) is 11.2 Å². The molecule has 3 heteroatoms. The fraction of sp³-hybridized carbons (Fsp3) is 0.118. The van der Waals surface area contributed by atoms with Gasteiger partial charge in [0.15, 0.2) is 0 Å². The molecule has 0 aliphatic rings. The van der Waals surface area contributed by atoms with Crippen LogP contribution in [-0.2, 0) is 0 Å². The van der Waals surface area contributed by atoms with E-state index >= 15 is 0 Å². The van der Waals surface area contributed by atoms with E-state index in [1.807, 2.05) is 23.6 Å². The maximum atomic E-state index is 4.61. The molecule has 0 amide bonds. The molecule has 4 aromatic rings. The largest absolute Gasteiger partial charge is 0.293 e. The molecule has 3 aromatic heterocycles. The van der Waals surface area contributed by atoms with Crippen molar-refractivity contribution < 1.29 is 0 Å². The van der Waals surface area contributed by atoms with Crippen LogP contribution in [0.15, 0.2) is 48.7 Å². The van der Waals surface area contributed by atoms with Gasteiger partial charge in [-0.3, -0.25) is 4.57 Å². The average Bonchev–Trinajstić information content (AvgIpc) is 2.96. The van der Waals surface area contributed by atoms with Gasteiger partial charge in [0.2, 0.25) is 0 Å². The summed E-state index contributed by atoms with van der Waals surface area (Å²) in [6.45, 7) is 4.33. The van der Waals surface area contributed by atoms with E-state index in [1.54, 1.807) is 0 Å². The molecular formula is C17H14N2S. The first kappa shape index (κ1) is 11.7. The van der Waals surface area contributed by atoms with Gasteiger partial charge in [0, 0.05) is 26.7 Å². The highest BCUT2D eigenvalue weighted by molar-refractivity contribution is 7.12. The van der Waals surface area contributed by atoms with E-state index in [0.717, 1.165) is 5.65 Å². The van der Waals surface area contributed by atoms with Crippen molar-refractivity contribution in [3.63, 3.8) is 0 Å². The monoisotopic (exact) mass is 278 g/mol. The lowest BCUT2D eigenvalue weighted by Crippen LogP contribution is -1.94. The van der Waals surface area contributed by atoms with Gasteiger partial charge < -0.3 is 0 Å². The molecule has 0 bridgehead atoms. The van der Waals surface area contributed by atoms with Crippen molar-refractivity contribution in [1.29, 1.82) is 0 Å². The fourth-order valence-electron chi connectivity index (χ4n) is 2.88. The Hall–Kier alpha value is -2.13. The van der Waals surface area contributed by atoms with Gasteiger partial charge in [-0.05, 0) is 38.1 Å². The van der Waals surface area contributed by atoms with Gasteiger partial charge in [-0.15, -0.1) is 11.3 Å². The first-order valence-corrected chi connectivity index (χ1v) is 7.49. The summed E-state index contributed by atoms with van der Waals surface area (Å²) in [4.78, 5) is 7.27. The highest BCUT2D eigenvalue weighted by Crippen LogP contribution is 2.34. The molecule has 2 nitrogen and oxygen atoms in total. The minimum Gasteiger partial charge on any atom is -0.293 e. The van der Waals surface area contributed by atoms with Crippen LogP contribution in [0.25, 0.3) is 27.6 Å². The van der Waals surface area contributed by atoms with Crippen LogP contribution in [0.4, 0.5) is 0 Å². The van der Waals surface area contributed by atoms with E-state index in [0.29, 0.717) is 0 Å². The van der Waals surface area contributed by atoms with E-state index in [2.05, 4.69) is 59.8 Å². The molecule has 0 saturated heterocycles. The van der Waals surface area contributed by atoms with E-state index in [1.165, 1.54) is 31.7 Å². The molecule has 3 heterocycles. The first-order valence-electron chi connectivity index (χ1n) is 6.67. The number of pyridine rings is 1. The van der Waals surface area contributed by atoms with Gasteiger partial charge in [0.25, 0.3) is 0 Å². The third-order valence-corrected chi connectivity index (χ3v) is 4.64. The number of para-hydroxylation sites is 1. The number of hydrogen-bond acceptors (Lipinski definition) is 2. The average molecular weight is 278 g/mol. The molecule has 0 fully saturated rings. The maximum Gasteiger partial charge on any atom is 0.145 e. The smallest absolute Gasteiger partial charge is 0.145 e. The van der Waals surface area contributed by atoms with Crippen molar-refractivity contribution in [2.75, 3.05) is 0 Å². The molecule has 98 valence electrons. The predicted molar refractivity (Wildman–Crippen MR) is 85.9 cm³/mol. The molecule has 0 unspecified atom stereocenters. The summed E-state index contributed by atoms with van der Waals surface area (Å²) in [5, 5.41) is 2.48. The Kier molecular flexibility index (Phi) is 2.44. The highest BCUT2D eigenvalue weighted by Gasteiger charge is 2.14. The molecule has 0 aliphatic carbocycles. The Bertz CT molecular complexity index is 877. The van der Waals surface area contributed by atoms with E-state index in [4.69, 9.17) is 0 Å². The SMILES string of the molecule is Cc1cc(-n2c3ccccc3c3cccnc32)c(C)s1. The van der Waals surface area contributed by atoms with E-state index < -0.39 is 0 Å². The molecule has 0 saturated carbocycles. The third kappa shape index (κ3) is 1.53. The highest BCUT2D eigenvalue weighted by atomic mass is 32.1. The van der Waals surface area contributed by atoms with Crippen LogP contribution in [0.1, 0.15) is 9.75 Å². The quantitative estimate of drug-likeness (QED) is 0.486. The lowest BCUT2D eigenvalue weighted by atomic mass is 10.2. The van der Waals surface area contributed by atoms with Crippen molar-refractivity contribution in [3.8, 4) is 5.69 Å². The molecule has 0 N–H and O–H groups in total. The molecular weight excluding hydrogens is 264 g/mol. The molecule has 0 atom stereocenters. The Morgan fingerprint density at radius 2 is 1.80 bits per heavy atom. The van der Waals surface area contributed by atoms with Gasteiger partial charge in [-0.25, -0.2) is 4.98 Å². The molecule has 0 spiro atoms. The van der Waals surface area contributed by atoms with E-state index in [-0.39, 0.29) is 0 Å². The van der Waals surface area contributed by atoms with Crippen LogP contribution in [0, 0.1) is 13.8 Å². The number of aromatic nitrogens is 2. The second-order valence-corrected chi connectivity index (χ2v) is 6.49. The summed E-state index contributed by atoms with van der Waals surface area (Å²) in [5.41, 5.74) is 3.51. The fourth-order valence-corrected chi connectivity index (χ4v) is 3.79. The van der Waals surface area contributed by atoms with Crippen LogP contribution < -0.4 is 0 Å². The molecule has 0 radical (unpaired) electrons. The normalized spacial score (nSPS) is 11.5. The Labute approximate surface area is 121 Å². The maximum absolute atomic E-state index is 4.61. The zero-order chi connectivity index (χ0) is 13.7. The first-order chi connectivity index (χ1) is 9.75. The van der Waals surface area contributed by atoms with Gasteiger partial charge >= 0.3 is 0 Å². The number of rotatable bonds is 1. The lowest BCUT2D eigenvalue weighted by molar-refractivity contribution is 1.13. The van der Waals surface area contributed by atoms with Crippen molar-refractivity contribution in [1.82, 2.24) is 9.55 Å². The lowest BCUT2D eigenvalue weighted by Gasteiger charge is -2.05. The van der Waals surface area contributed by atoms with Crippen LogP contribution in [0.2, 0.25) is 0 Å². The number of nitrogens with zero attached hydrogens (tertiary/aromatic N) is 2. The van der Waals surface area contributed by atoms with Gasteiger partial charge in [-0.1, -0.05) is 18.2 Å². The van der Waals surface area contributed by atoms with Gasteiger partial charge in [0.1, 0.15) is 5.65 Å². The predicted octanol–water partition coefficient (Wildman–Crippen LogP) is 4.86. The summed E-state index contributed by atoms with van der Waals surface area (Å²) in [6, 6.07) is 14.9. The van der Waals surface area contributed by atoms with Crippen LogP contribution in [0.3, 0.4) is 0 Å². The minimum absolute atomic E-state index is 1.04. The van der Waals surface area contributed by atoms with Crippen LogP contribution in [-0.4, -0.2) is 9.55 Å². The number of benzene rings is 1. The second-order valence-electron chi connectivity index (χ2n) is 5.03. The minimum atomic E-state index is 1.04. The zero-order valence-corrected chi connectivity index (χ0v) is 12.2. The molecule has 0 aliphatic heterocycles. The zero-order valence-electron chi connectivity index (χ0n) is 11.4. The number of thiophene rings is 1. The van der Waals surface area contributed by atoms with Crippen LogP contribution in [0.5, 0.6) is 0 Å². The summed E-state index contributed by atoms with van der Waals surface area (Å²) >= 11 is 1.84.